The Morgan fingerprint density at radius 3 is 2.44 bits per heavy atom. The van der Waals surface area contributed by atoms with Crippen molar-refractivity contribution in [2.45, 2.75) is 65.1 Å². The first-order chi connectivity index (χ1) is 17.0. The molecular weight excluding hydrogens is 466 g/mol. The van der Waals surface area contributed by atoms with Crippen molar-refractivity contribution in [3.05, 3.63) is 22.3 Å². The van der Waals surface area contributed by atoms with Gasteiger partial charge >= 0.3 is 11.9 Å². The van der Waals surface area contributed by atoms with Crippen LogP contribution in [0.4, 0.5) is 0 Å². The second-order valence-corrected chi connectivity index (χ2v) is 11.1. The molecule has 0 aromatic carbocycles. The second kappa shape index (κ2) is 8.73. The lowest BCUT2D eigenvalue weighted by Gasteiger charge is -2.53. The smallest absolute Gasteiger partial charge is 0.336 e. The van der Waals surface area contributed by atoms with Crippen LogP contribution in [-0.2, 0) is 38.2 Å². The molecule has 0 N–H and O–H groups in total. The van der Waals surface area contributed by atoms with Crippen LogP contribution in [0.2, 0.25) is 0 Å². The van der Waals surface area contributed by atoms with Crippen molar-refractivity contribution in [2.24, 2.45) is 16.7 Å². The number of carbonyl (C=O) groups excluding carboxylic acids is 5. The van der Waals surface area contributed by atoms with Gasteiger partial charge in [0.1, 0.15) is 18.0 Å². The van der Waals surface area contributed by atoms with Gasteiger partial charge in [0.15, 0.2) is 0 Å². The summed E-state index contributed by atoms with van der Waals surface area (Å²) in [7, 11) is 1.47. The summed E-state index contributed by atoms with van der Waals surface area (Å²) in [5.41, 5.74) is -1.07. The monoisotopic (exact) mass is 499 g/mol. The van der Waals surface area contributed by atoms with E-state index in [2.05, 4.69) is 4.90 Å². The summed E-state index contributed by atoms with van der Waals surface area (Å²) < 4.78 is 17.1. The number of hydrogen-bond donors (Lipinski definition) is 0. The molecule has 0 aromatic heterocycles. The van der Waals surface area contributed by atoms with Crippen LogP contribution in [0.3, 0.4) is 0 Å². The maximum Gasteiger partial charge on any atom is 0.336 e. The van der Waals surface area contributed by atoms with Crippen molar-refractivity contribution in [1.29, 1.82) is 0 Å². The predicted octanol–water partition coefficient (Wildman–Crippen LogP) is 1.73. The first-order valence-corrected chi connectivity index (χ1v) is 12.7. The highest BCUT2D eigenvalue weighted by molar-refractivity contribution is 6.51. The summed E-state index contributed by atoms with van der Waals surface area (Å²) in [4.78, 5) is 68.3. The number of likely N-dealkylation sites (tertiary alicyclic amines) is 1. The third-order valence-corrected chi connectivity index (χ3v) is 9.04. The lowest BCUT2D eigenvalue weighted by atomic mass is 9.52. The van der Waals surface area contributed by atoms with Crippen LogP contribution in [0.15, 0.2) is 22.3 Å². The summed E-state index contributed by atoms with van der Waals surface area (Å²) >= 11 is 0. The van der Waals surface area contributed by atoms with Crippen molar-refractivity contribution < 1.29 is 38.2 Å². The third-order valence-electron chi connectivity index (χ3n) is 9.04. The Labute approximate surface area is 210 Å². The van der Waals surface area contributed by atoms with Crippen LogP contribution in [-0.4, -0.2) is 79.7 Å². The lowest BCUT2D eigenvalue weighted by molar-refractivity contribution is -0.162. The van der Waals surface area contributed by atoms with Crippen LogP contribution in [0, 0.1) is 16.7 Å². The zero-order valence-corrected chi connectivity index (χ0v) is 21.3. The van der Waals surface area contributed by atoms with E-state index in [4.69, 9.17) is 14.2 Å². The van der Waals surface area contributed by atoms with Gasteiger partial charge in [-0.2, -0.15) is 0 Å². The van der Waals surface area contributed by atoms with Crippen molar-refractivity contribution in [1.82, 2.24) is 4.90 Å². The van der Waals surface area contributed by atoms with Gasteiger partial charge in [0.2, 0.25) is 11.6 Å². The van der Waals surface area contributed by atoms with Gasteiger partial charge in [0.05, 0.1) is 17.6 Å². The Hall–Kier alpha value is -2.65. The number of hydrogen-bond acceptors (Lipinski definition) is 9. The number of fused-ring (bicyclic) bond motifs is 4. The van der Waals surface area contributed by atoms with E-state index in [0.29, 0.717) is 18.4 Å². The van der Waals surface area contributed by atoms with Crippen LogP contribution < -0.4 is 0 Å². The van der Waals surface area contributed by atoms with E-state index in [1.54, 1.807) is 13.8 Å². The van der Waals surface area contributed by atoms with Crippen LogP contribution in [0.1, 0.15) is 52.9 Å². The Kier molecular flexibility index (Phi) is 6.07. The molecule has 5 atom stereocenters. The Bertz CT molecular complexity index is 1130. The molecule has 3 aliphatic carbocycles. The molecule has 5 aliphatic rings. The van der Waals surface area contributed by atoms with Crippen LogP contribution in [0.25, 0.3) is 0 Å². The first kappa shape index (κ1) is 25.0. The highest BCUT2D eigenvalue weighted by Crippen LogP contribution is 2.61. The lowest BCUT2D eigenvalue weighted by Crippen LogP contribution is -2.59. The number of carbonyl (C=O) groups is 5. The summed E-state index contributed by atoms with van der Waals surface area (Å²) in [6.07, 6.45) is 1.15. The molecule has 194 valence electrons. The molecule has 36 heavy (non-hydrogen) atoms. The van der Waals surface area contributed by atoms with Crippen molar-refractivity contribution in [3.8, 4) is 0 Å². The standard InChI is InChI=1S/C27H33NO8/c1-14(29)35-17-11-26(2)16(7-8-18(26)30)20-22(17)27(3)19(13-34-4)36-25(33)15(12-28-9-5-6-10-28)21(27)24(32)23(20)31/h16-17,19H,5-13H2,1-4H3/t16?,17?,19?,26-,27-/m0/s1. The minimum atomic E-state index is -1.23. The maximum absolute atomic E-state index is 13.9. The molecule has 2 aliphatic heterocycles. The number of Topliss-reactive ketones (excluding diaryl/α,β-unsaturated/α-hetero) is 3. The summed E-state index contributed by atoms with van der Waals surface area (Å²) in [5.74, 6) is -3.06. The average molecular weight is 500 g/mol. The molecule has 0 spiro atoms. The van der Waals surface area contributed by atoms with Crippen molar-refractivity contribution in [3.63, 3.8) is 0 Å². The van der Waals surface area contributed by atoms with Gasteiger partial charge in [-0.15, -0.1) is 0 Å². The van der Waals surface area contributed by atoms with E-state index >= 15 is 0 Å². The van der Waals surface area contributed by atoms with Gasteiger partial charge in [0, 0.05) is 55.9 Å². The van der Waals surface area contributed by atoms with E-state index in [1.165, 1.54) is 14.0 Å². The zero-order valence-electron chi connectivity index (χ0n) is 21.3. The maximum atomic E-state index is 13.9. The number of cyclic esters (lactones) is 1. The van der Waals surface area contributed by atoms with Gasteiger partial charge in [-0.1, -0.05) is 6.92 Å². The largest absolute Gasteiger partial charge is 0.458 e. The fraction of sp³-hybridized carbons (Fsp3) is 0.667. The highest BCUT2D eigenvalue weighted by atomic mass is 16.6. The van der Waals surface area contributed by atoms with Gasteiger partial charge < -0.3 is 14.2 Å². The Balaban J connectivity index is 1.78. The molecule has 0 amide bonds. The van der Waals surface area contributed by atoms with Crippen LogP contribution >= 0.6 is 0 Å². The quantitative estimate of drug-likeness (QED) is 0.412. The summed E-state index contributed by atoms with van der Waals surface area (Å²) in [5, 5.41) is 0. The Morgan fingerprint density at radius 2 is 1.81 bits per heavy atom. The van der Waals surface area contributed by atoms with E-state index in [0.717, 1.165) is 25.9 Å². The number of rotatable bonds is 5. The normalized spacial score (nSPS) is 36.6. The molecule has 0 radical (unpaired) electrons. The molecule has 2 fully saturated rings. The van der Waals surface area contributed by atoms with Gasteiger partial charge in [0.25, 0.3) is 0 Å². The predicted molar refractivity (Wildman–Crippen MR) is 126 cm³/mol. The fourth-order valence-corrected chi connectivity index (χ4v) is 7.31. The second-order valence-electron chi connectivity index (χ2n) is 11.1. The van der Waals surface area contributed by atoms with E-state index in [-0.39, 0.29) is 42.1 Å². The zero-order chi connectivity index (χ0) is 26.0. The van der Waals surface area contributed by atoms with Crippen LogP contribution in [0.5, 0.6) is 0 Å². The van der Waals surface area contributed by atoms with Crippen molar-refractivity contribution >= 4 is 29.3 Å². The van der Waals surface area contributed by atoms with Gasteiger partial charge in [-0.25, -0.2) is 4.79 Å². The number of ketones is 3. The molecule has 5 rings (SSSR count). The number of allylic oxidation sites excluding steroid dienone is 1. The molecule has 2 heterocycles. The van der Waals surface area contributed by atoms with Gasteiger partial charge in [-0.3, -0.25) is 24.1 Å². The minimum absolute atomic E-state index is 0.00109. The molecule has 9 heteroatoms. The minimum Gasteiger partial charge on any atom is -0.458 e. The molecule has 0 bridgehead atoms. The molecule has 1 saturated carbocycles. The third kappa shape index (κ3) is 3.46. The first-order valence-electron chi connectivity index (χ1n) is 12.7. The molecule has 9 nitrogen and oxygen atoms in total. The van der Waals surface area contributed by atoms with E-state index < -0.39 is 52.5 Å². The van der Waals surface area contributed by atoms with Gasteiger partial charge in [-0.05, 0) is 44.8 Å². The average Bonchev–Trinajstić information content (AvgIpc) is 3.42. The summed E-state index contributed by atoms with van der Waals surface area (Å²) in [6.45, 7) is 6.65. The summed E-state index contributed by atoms with van der Waals surface area (Å²) in [6, 6.07) is 0. The number of methoxy groups -OCH3 is 1. The molecule has 3 unspecified atom stereocenters. The molecule has 1 saturated heterocycles. The number of nitrogens with zero attached hydrogens (tertiary/aromatic N) is 1. The number of esters is 2. The van der Waals surface area contributed by atoms with E-state index in [1.807, 2.05) is 0 Å². The topological polar surface area (TPSA) is 116 Å². The van der Waals surface area contributed by atoms with Crippen molar-refractivity contribution in [2.75, 3.05) is 33.4 Å². The number of ether oxygens (including phenoxy) is 3. The molecular formula is C27H33NO8. The highest BCUT2D eigenvalue weighted by Gasteiger charge is 2.65. The SMILES string of the molecule is COCC1OC(=O)C(CN2CCCC2)=C2C(=O)C(=O)C3=C(C(OC(C)=O)C[C@]4(C)C(=O)CCC34)[C@]21C. The Morgan fingerprint density at radius 1 is 1.11 bits per heavy atom. The fourth-order valence-electron chi connectivity index (χ4n) is 7.31. The van der Waals surface area contributed by atoms with E-state index in [9.17, 15) is 24.0 Å². The molecule has 0 aromatic rings.